The number of hydrogen-bond acceptors (Lipinski definition) is 7. The Bertz CT molecular complexity index is 1260. The smallest absolute Gasteiger partial charge is 0.251 e. The van der Waals surface area contributed by atoms with Gasteiger partial charge in [0, 0.05) is 29.8 Å². The quantitative estimate of drug-likeness (QED) is 0.554. The third-order valence-electron chi connectivity index (χ3n) is 9.69. The molecule has 1 saturated heterocycles. The molecule has 2 saturated carbocycles. The summed E-state index contributed by atoms with van der Waals surface area (Å²) in [6.07, 6.45) is 4.74. The molecular weight excluding hydrogens is 472 g/mol. The van der Waals surface area contributed by atoms with Crippen molar-refractivity contribution in [3.05, 3.63) is 47.0 Å². The van der Waals surface area contributed by atoms with Crippen molar-refractivity contribution in [2.45, 2.75) is 67.7 Å². The van der Waals surface area contributed by atoms with Crippen LogP contribution >= 0.6 is 0 Å². The lowest BCUT2D eigenvalue weighted by atomic mass is 9.48. The molecule has 8 heteroatoms. The monoisotopic (exact) mass is 506 g/mol. The van der Waals surface area contributed by atoms with Crippen LogP contribution in [0.3, 0.4) is 0 Å². The maximum absolute atomic E-state index is 13.5. The third kappa shape index (κ3) is 3.18. The summed E-state index contributed by atoms with van der Waals surface area (Å²) in [5, 5.41) is 26.6. The van der Waals surface area contributed by atoms with Crippen LogP contribution in [-0.4, -0.2) is 72.1 Å². The van der Waals surface area contributed by atoms with Gasteiger partial charge < -0.3 is 29.7 Å². The Morgan fingerprint density at radius 3 is 2.59 bits per heavy atom. The minimum atomic E-state index is -0.975. The van der Waals surface area contributed by atoms with Crippen molar-refractivity contribution in [2.24, 2.45) is 5.92 Å². The number of likely N-dealkylation sites (tertiary alicyclic amines) is 1. The van der Waals surface area contributed by atoms with Crippen molar-refractivity contribution in [3.8, 4) is 23.0 Å². The number of nitrogens with zero attached hydrogens (tertiary/aromatic N) is 1. The predicted octanol–water partition coefficient (Wildman–Crippen LogP) is 2.77. The minimum absolute atomic E-state index is 0.00948. The van der Waals surface area contributed by atoms with E-state index < -0.39 is 17.1 Å². The van der Waals surface area contributed by atoms with Crippen molar-refractivity contribution in [3.63, 3.8) is 0 Å². The molecule has 2 aliphatic heterocycles. The van der Waals surface area contributed by atoms with Gasteiger partial charge in [-0.15, -0.1) is 0 Å². The Balaban J connectivity index is 1.26. The van der Waals surface area contributed by atoms with Crippen LogP contribution < -0.4 is 19.5 Å². The average Bonchev–Trinajstić information content (AvgIpc) is 3.65. The highest BCUT2D eigenvalue weighted by molar-refractivity contribution is 5.95. The predicted molar refractivity (Wildman–Crippen MR) is 136 cm³/mol. The zero-order valence-corrected chi connectivity index (χ0v) is 21.3. The second-order valence-corrected chi connectivity index (χ2v) is 11.5. The highest BCUT2D eigenvalue weighted by Gasteiger charge is 2.73. The molecular formula is C29H34N2O6. The number of ether oxygens (including phenoxy) is 3. The maximum Gasteiger partial charge on any atom is 0.251 e. The number of nitrogens with one attached hydrogen (secondary N) is 1. The molecule has 0 aromatic heterocycles. The summed E-state index contributed by atoms with van der Waals surface area (Å²) in [4.78, 5) is 16.0. The van der Waals surface area contributed by atoms with Crippen LogP contribution in [0.15, 0.2) is 30.3 Å². The highest BCUT2D eigenvalue weighted by atomic mass is 16.5. The fourth-order valence-corrected chi connectivity index (χ4v) is 7.82. The molecule has 0 radical (unpaired) electrons. The van der Waals surface area contributed by atoms with Gasteiger partial charge in [-0.3, -0.25) is 9.69 Å². The van der Waals surface area contributed by atoms with Crippen LogP contribution in [0.4, 0.5) is 0 Å². The van der Waals surface area contributed by atoms with E-state index in [1.807, 2.05) is 6.07 Å². The lowest BCUT2D eigenvalue weighted by Crippen LogP contribution is -2.78. The van der Waals surface area contributed by atoms with Gasteiger partial charge in [-0.05, 0) is 74.8 Å². The van der Waals surface area contributed by atoms with E-state index in [1.165, 1.54) is 12.8 Å². The van der Waals surface area contributed by atoms with Crippen molar-refractivity contribution in [2.75, 3.05) is 27.3 Å². The number of methoxy groups -OCH3 is 2. The number of phenolic OH excluding ortho intramolecular Hbond substituents is 1. The Labute approximate surface area is 216 Å². The number of benzene rings is 2. The van der Waals surface area contributed by atoms with Gasteiger partial charge in [0.2, 0.25) is 0 Å². The third-order valence-corrected chi connectivity index (χ3v) is 9.69. The SMILES string of the molecule is COc1cc(OC)cc(C(=O)N[C@@H]2CC[C@@]3(O)[C@H]4Cc5ccc(O)c6c5[C@@]3(CCN4CC3CC3)[C@H]2O6)c1. The number of phenols is 1. The van der Waals surface area contributed by atoms with Crippen molar-refractivity contribution >= 4 is 5.91 Å². The molecule has 3 fully saturated rings. The van der Waals surface area contributed by atoms with E-state index in [0.717, 1.165) is 43.0 Å². The molecule has 2 bridgehead atoms. The normalized spacial score (nSPS) is 33.3. The summed E-state index contributed by atoms with van der Waals surface area (Å²) in [6, 6.07) is 8.51. The van der Waals surface area contributed by atoms with E-state index in [2.05, 4.69) is 10.2 Å². The molecule has 8 nitrogen and oxygen atoms in total. The molecule has 3 aliphatic carbocycles. The molecule has 196 valence electrons. The summed E-state index contributed by atoms with van der Waals surface area (Å²) in [5.74, 6) is 2.16. The van der Waals surface area contributed by atoms with Crippen molar-refractivity contribution in [1.29, 1.82) is 0 Å². The Kier molecular flexibility index (Phi) is 5.02. The fourth-order valence-electron chi connectivity index (χ4n) is 7.82. The standard InChI is InChI=1S/C29H34N2O6/c1-35-19-11-18(12-20(14-19)36-2)27(33)30-21-7-8-29(34)23-13-17-5-6-22(32)25-24(17)28(29,26(21)37-25)9-10-31(23)15-16-3-4-16/h5-6,11-12,14,16,21,23,26,32,34H,3-4,7-10,13,15H2,1-2H3,(H,30,33)/t21-,23-,26+,28+,29-/m1/s1. The number of rotatable bonds is 6. The van der Waals surface area contributed by atoms with E-state index in [1.54, 1.807) is 38.5 Å². The molecule has 3 N–H and O–H groups in total. The molecule has 1 spiro atoms. The zero-order valence-electron chi connectivity index (χ0n) is 21.3. The van der Waals surface area contributed by atoms with Crippen LogP contribution in [0, 0.1) is 5.92 Å². The highest BCUT2D eigenvalue weighted by Crippen LogP contribution is 2.65. The molecule has 37 heavy (non-hydrogen) atoms. The lowest BCUT2D eigenvalue weighted by molar-refractivity contribution is -0.191. The summed E-state index contributed by atoms with van der Waals surface area (Å²) in [6.45, 7) is 1.91. The summed E-state index contributed by atoms with van der Waals surface area (Å²) in [5.41, 5.74) is 0.910. The molecule has 2 aromatic rings. The van der Waals surface area contributed by atoms with Crippen LogP contribution in [0.2, 0.25) is 0 Å². The van der Waals surface area contributed by atoms with Gasteiger partial charge in [-0.25, -0.2) is 0 Å². The first-order chi connectivity index (χ1) is 17.9. The maximum atomic E-state index is 13.5. The second kappa shape index (κ2) is 8.01. The second-order valence-electron chi connectivity index (χ2n) is 11.5. The zero-order chi connectivity index (χ0) is 25.5. The molecule has 1 amide bonds. The average molecular weight is 507 g/mol. The van der Waals surface area contributed by atoms with Crippen molar-refractivity contribution in [1.82, 2.24) is 10.2 Å². The summed E-state index contributed by atoms with van der Waals surface area (Å²) < 4.78 is 17.3. The molecule has 2 aromatic carbocycles. The molecule has 2 heterocycles. The first kappa shape index (κ1) is 23.2. The molecule has 0 unspecified atom stereocenters. The van der Waals surface area contributed by atoms with Gasteiger partial charge in [0.15, 0.2) is 11.5 Å². The minimum Gasteiger partial charge on any atom is -0.504 e. The number of piperidine rings is 1. The number of aliphatic hydroxyl groups is 1. The van der Waals surface area contributed by atoms with Gasteiger partial charge in [0.25, 0.3) is 5.91 Å². The molecule has 7 rings (SSSR count). The summed E-state index contributed by atoms with van der Waals surface area (Å²) in [7, 11) is 3.11. The number of carbonyl (C=O) groups is 1. The number of amides is 1. The summed E-state index contributed by atoms with van der Waals surface area (Å²) >= 11 is 0. The van der Waals surface area contributed by atoms with Crippen LogP contribution in [0.25, 0.3) is 0 Å². The van der Waals surface area contributed by atoms with Gasteiger partial charge in [0.05, 0.1) is 31.3 Å². The van der Waals surface area contributed by atoms with E-state index in [9.17, 15) is 15.0 Å². The first-order valence-corrected chi connectivity index (χ1v) is 13.4. The van der Waals surface area contributed by atoms with Gasteiger partial charge >= 0.3 is 0 Å². The lowest BCUT2D eigenvalue weighted by Gasteiger charge is -2.64. The van der Waals surface area contributed by atoms with E-state index >= 15 is 0 Å². The topological polar surface area (TPSA) is 100 Å². The Morgan fingerprint density at radius 1 is 1.14 bits per heavy atom. The molecule has 5 aliphatic rings. The van der Waals surface area contributed by atoms with E-state index in [4.69, 9.17) is 14.2 Å². The Morgan fingerprint density at radius 2 is 1.89 bits per heavy atom. The van der Waals surface area contributed by atoms with Gasteiger partial charge in [-0.2, -0.15) is 0 Å². The van der Waals surface area contributed by atoms with Crippen LogP contribution in [0.5, 0.6) is 23.0 Å². The Hall–Kier alpha value is -2.97. The first-order valence-electron chi connectivity index (χ1n) is 13.4. The van der Waals surface area contributed by atoms with Crippen LogP contribution in [0.1, 0.15) is 53.6 Å². The van der Waals surface area contributed by atoms with Gasteiger partial charge in [-0.1, -0.05) is 6.07 Å². The number of hydrogen-bond donors (Lipinski definition) is 3. The van der Waals surface area contributed by atoms with E-state index in [-0.39, 0.29) is 23.7 Å². The van der Waals surface area contributed by atoms with E-state index in [0.29, 0.717) is 35.7 Å². The fraction of sp³-hybridized carbons (Fsp3) is 0.552. The van der Waals surface area contributed by atoms with Crippen molar-refractivity contribution < 1.29 is 29.2 Å². The number of carbonyl (C=O) groups excluding carboxylic acids is 1. The van der Waals surface area contributed by atoms with Crippen LogP contribution in [-0.2, 0) is 11.8 Å². The molecule has 5 atom stereocenters. The largest absolute Gasteiger partial charge is 0.504 e. The van der Waals surface area contributed by atoms with Gasteiger partial charge in [0.1, 0.15) is 17.6 Å². The number of aromatic hydroxyl groups is 1.